The number of hydrogen-bond acceptors (Lipinski definition) is 5. The van der Waals surface area contributed by atoms with Gasteiger partial charge in [0.2, 0.25) is 10.0 Å². The Morgan fingerprint density at radius 3 is 2.30 bits per heavy atom. The molecular weight excluding hydrogens is 287 g/mol. The lowest BCUT2D eigenvalue weighted by molar-refractivity contribution is 0.350. The van der Waals surface area contributed by atoms with Gasteiger partial charge in [-0.15, -0.1) is 0 Å². The Kier molecular flexibility index (Phi) is 5.73. The molecule has 0 aliphatic carbocycles. The van der Waals surface area contributed by atoms with Gasteiger partial charge in [-0.3, -0.25) is 0 Å². The Hall–Kier alpha value is -1.38. The molecule has 1 unspecified atom stereocenters. The maximum absolute atomic E-state index is 13.9. The van der Waals surface area contributed by atoms with Gasteiger partial charge in [0.25, 0.3) is 0 Å². The van der Waals surface area contributed by atoms with E-state index < -0.39 is 20.7 Å². The van der Waals surface area contributed by atoms with Crippen LogP contribution in [0.5, 0.6) is 11.5 Å². The van der Waals surface area contributed by atoms with E-state index >= 15 is 0 Å². The second kappa shape index (κ2) is 6.87. The molecule has 0 heterocycles. The Bertz CT molecular complexity index is 563. The van der Waals surface area contributed by atoms with Crippen molar-refractivity contribution < 1.29 is 22.3 Å². The number of sulfonamides is 1. The minimum Gasteiger partial charge on any atom is -0.493 e. The van der Waals surface area contributed by atoms with Gasteiger partial charge in [-0.25, -0.2) is 17.5 Å². The van der Waals surface area contributed by atoms with E-state index in [1.807, 2.05) is 0 Å². The summed E-state index contributed by atoms with van der Waals surface area (Å²) < 4.78 is 50.2. The van der Waals surface area contributed by atoms with Crippen molar-refractivity contribution in [1.29, 1.82) is 0 Å². The fourth-order valence-corrected chi connectivity index (χ4v) is 2.66. The molecule has 114 valence electrons. The van der Waals surface area contributed by atoms with Gasteiger partial charge in [0.1, 0.15) is 10.7 Å². The van der Waals surface area contributed by atoms with E-state index in [4.69, 9.17) is 9.47 Å². The van der Waals surface area contributed by atoms with Crippen LogP contribution in [-0.4, -0.2) is 42.3 Å². The van der Waals surface area contributed by atoms with Crippen molar-refractivity contribution in [2.24, 2.45) is 0 Å². The highest BCUT2D eigenvalue weighted by Crippen LogP contribution is 2.31. The van der Waals surface area contributed by atoms with Crippen LogP contribution in [0.2, 0.25) is 0 Å². The van der Waals surface area contributed by atoms with Crippen LogP contribution in [0.4, 0.5) is 4.39 Å². The van der Waals surface area contributed by atoms with Crippen LogP contribution in [0.25, 0.3) is 0 Å². The summed E-state index contributed by atoms with van der Waals surface area (Å²) in [4.78, 5) is -0.474. The molecular formula is C12H19FN2O4S. The van der Waals surface area contributed by atoms with Crippen molar-refractivity contribution >= 4 is 10.0 Å². The van der Waals surface area contributed by atoms with Gasteiger partial charge in [0.15, 0.2) is 11.5 Å². The highest BCUT2D eigenvalue weighted by molar-refractivity contribution is 7.89. The lowest BCUT2D eigenvalue weighted by Crippen LogP contribution is -2.37. The minimum atomic E-state index is -3.95. The number of benzene rings is 1. The third-order valence-corrected chi connectivity index (χ3v) is 4.24. The van der Waals surface area contributed by atoms with Crippen molar-refractivity contribution in [2.75, 3.05) is 27.8 Å². The van der Waals surface area contributed by atoms with Gasteiger partial charge < -0.3 is 14.8 Å². The number of halogens is 1. The summed E-state index contributed by atoms with van der Waals surface area (Å²) in [5.41, 5.74) is 0. The number of likely N-dealkylation sites (N-methyl/N-ethyl adjacent to an activating group) is 1. The van der Waals surface area contributed by atoms with Gasteiger partial charge in [-0.2, -0.15) is 0 Å². The van der Waals surface area contributed by atoms with Crippen molar-refractivity contribution in [1.82, 2.24) is 10.0 Å². The monoisotopic (exact) mass is 306 g/mol. The molecule has 0 aromatic heterocycles. The Balaban J connectivity index is 3.12. The molecule has 1 rings (SSSR count). The number of nitrogens with one attached hydrogen (secondary N) is 2. The first-order chi connectivity index (χ1) is 9.35. The molecule has 1 aromatic carbocycles. The van der Waals surface area contributed by atoms with Crippen molar-refractivity contribution in [3.8, 4) is 11.5 Å². The summed E-state index contributed by atoms with van der Waals surface area (Å²) in [7, 11) is 0.445. The van der Waals surface area contributed by atoms with Crippen LogP contribution >= 0.6 is 0 Å². The van der Waals surface area contributed by atoms with Crippen molar-refractivity contribution in [2.45, 2.75) is 17.9 Å². The predicted octanol–water partition coefficient (Wildman–Crippen LogP) is 0.729. The largest absolute Gasteiger partial charge is 0.493 e. The Labute approximate surface area is 118 Å². The fourth-order valence-electron chi connectivity index (χ4n) is 1.46. The quantitative estimate of drug-likeness (QED) is 0.776. The van der Waals surface area contributed by atoms with Crippen LogP contribution in [0.15, 0.2) is 17.0 Å². The third-order valence-electron chi connectivity index (χ3n) is 2.80. The van der Waals surface area contributed by atoms with E-state index in [1.165, 1.54) is 14.2 Å². The summed E-state index contributed by atoms with van der Waals surface area (Å²) in [5, 5.41) is 2.88. The molecule has 8 heteroatoms. The third kappa shape index (κ3) is 3.81. The maximum atomic E-state index is 13.9. The summed E-state index contributed by atoms with van der Waals surface area (Å²) in [6.45, 7) is 1.94. The molecule has 0 aliphatic rings. The maximum Gasteiger partial charge on any atom is 0.243 e. The summed E-state index contributed by atoms with van der Waals surface area (Å²) in [6, 6.07) is 2.00. The molecule has 2 N–H and O–H groups in total. The summed E-state index contributed by atoms with van der Waals surface area (Å²) >= 11 is 0. The first-order valence-corrected chi connectivity index (χ1v) is 7.42. The molecule has 0 amide bonds. The lowest BCUT2D eigenvalue weighted by atomic mass is 10.3. The minimum absolute atomic E-state index is 0.0759. The molecule has 0 fully saturated rings. The number of ether oxygens (including phenoxy) is 2. The molecule has 1 aromatic rings. The highest BCUT2D eigenvalue weighted by Gasteiger charge is 2.22. The standard InChI is InChI=1S/C12H19FN2O4S/c1-8(14-2)7-15-20(16,17)12-6-11(19-4)10(18-3)5-9(12)13/h5-6,8,14-15H,7H2,1-4H3. The molecule has 0 spiro atoms. The molecule has 0 radical (unpaired) electrons. The molecule has 0 bridgehead atoms. The number of methoxy groups -OCH3 is 2. The van der Waals surface area contributed by atoms with Crippen LogP contribution in [0, 0.1) is 5.82 Å². The smallest absolute Gasteiger partial charge is 0.243 e. The van der Waals surface area contributed by atoms with E-state index in [1.54, 1.807) is 14.0 Å². The van der Waals surface area contributed by atoms with E-state index in [0.29, 0.717) is 0 Å². The zero-order valence-electron chi connectivity index (χ0n) is 11.9. The Morgan fingerprint density at radius 1 is 1.25 bits per heavy atom. The van der Waals surface area contributed by atoms with Crippen LogP contribution in [-0.2, 0) is 10.0 Å². The summed E-state index contributed by atoms with van der Waals surface area (Å²) in [6.07, 6.45) is 0. The van der Waals surface area contributed by atoms with E-state index in [-0.39, 0.29) is 24.1 Å². The van der Waals surface area contributed by atoms with E-state index in [2.05, 4.69) is 10.0 Å². The topological polar surface area (TPSA) is 76.7 Å². The van der Waals surface area contributed by atoms with Crippen LogP contribution in [0.1, 0.15) is 6.92 Å². The van der Waals surface area contributed by atoms with Gasteiger partial charge in [-0.05, 0) is 14.0 Å². The van der Waals surface area contributed by atoms with Gasteiger partial charge in [0, 0.05) is 24.7 Å². The van der Waals surface area contributed by atoms with Crippen LogP contribution in [0.3, 0.4) is 0 Å². The average molecular weight is 306 g/mol. The van der Waals surface area contributed by atoms with Crippen molar-refractivity contribution in [3.63, 3.8) is 0 Å². The normalized spacial score (nSPS) is 13.1. The Morgan fingerprint density at radius 2 is 1.80 bits per heavy atom. The SMILES string of the molecule is CNC(C)CNS(=O)(=O)c1cc(OC)c(OC)cc1F. The second-order valence-electron chi connectivity index (χ2n) is 4.18. The lowest BCUT2D eigenvalue weighted by Gasteiger charge is -2.14. The highest BCUT2D eigenvalue weighted by atomic mass is 32.2. The number of rotatable bonds is 7. The van der Waals surface area contributed by atoms with E-state index in [9.17, 15) is 12.8 Å². The second-order valence-corrected chi connectivity index (χ2v) is 5.91. The number of hydrogen-bond donors (Lipinski definition) is 2. The van der Waals surface area contributed by atoms with Gasteiger partial charge >= 0.3 is 0 Å². The zero-order chi connectivity index (χ0) is 15.3. The fraction of sp³-hybridized carbons (Fsp3) is 0.500. The molecule has 1 atom stereocenters. The zero-order valence-corrected chi connectivity index (χ0v) is 12.7. The first-order valence-electron chi connectivity index (χ1n) is 5.94. The average Bonchev–Trinajstić information content (AvgIpc) is 2.44. The van der Waals surface area contributed by atoms with Gasteiger partial charge in [0.05, 0.1) is 14.2 Å². The molecule has 6 nitrogen and oxygen atoms in total. The van der Waals surface area contributed by atoms with Crippen molar-refractivity contribution in [3.05, 3.63) is 17.9 Å². The van der Waals surface area contributed by atoms with E-state index in [0.717, 1.165) is 12.1 Å². The molecule has 0 saturated heterocycles. The van der Waals surface area contributed by atoms with Crippen LogP contribution < -0.4 is 19.5 Å². The molecule has 0 aliphatic heterocycles. The predicted molar refractivity (Wildman–Crippen MR) is 73.2 cm³/mol. The van der Waals surface area contributed by atoms with Gasteiger partial charge in [-0.1, -0.05) is 0 Å². The molecule has 20 heavy (non-hydrogen) atoms. The first kappa shape index (κ1) is 16.7. The molecule has 0 saturated carbocycles. The summed E-state index contributed by atoms with van der Waals surface area (Å²) in [5.74, 6) is -0.615.